The summed E-state index contributed by atoms with van der Waals surface area (Å²) < 4.78 is 13.3. The van der Waals surface area contributed by atoms with Gasteiger partial charge in [-0.2, -0.15) is 17.0 Å². The van der Waals surface area contributed by atoms with E-state index in [1.165, 1.54) is 37.1 Å². The average Bonchev–Trinajstić information content (AvgIpc) is 2.38. The summed E-state index contributed by atoms with van der Waals surface area (Å²) in [6.07, 6.45) is 6.94. The van der Waals surface area contributed by atoms with E-state index in [1.807, 2.05) is 17.8 Å². The molecule has 0 aliphatic rings. The number of nitrogens with zero attached hydrogens (tertiary/aromatic N) is 1. The summed E-state index contributed by atoms with van der Waals surface area (Å²) in [5, 5.41) is 11.8. The van der Waals surface area contributed by atoms with Crippen molar-refractivity contribution in [3.63, 3.8) is 0 Å². The van der Waals surface area contributed by atoms with Gasteiger partial charge in [0.2, 0.25) is 0 Å². The molecular weight excluding hydrogens is 247 g/mol. The van der Waals surface area contributed by atoms with Crippen molar-refractivity contribution in [2.45, 2.75) is 25.7 Å². The molecule has 0 saturated heterocycles. The third kappa shape index (κ3) is 5.42. The van der Waals surface area contributed by atoms with E-state index < -0.39 is 5.82 Å². The summed E-state index contributed by atoms with van der Waals surface area (Å²) in [6.45, 7) is 0.852. The summed E-state index contributed by atoms with van der Waals surface area (Å²) in [5.41, 5.74) is 0.841. The van der Waals surface area contributed by atoms with Crippen LogP contribution in [0.25, 0.3) is 0 Å². The maximum absolute atomic E-state index is 13.3. The Morgan fingerprint density at radius 2 is 2.06 bits per heavy atom. The van der Waals surface area contributed by atoms with Gasteiger partial charge in [-0.05, 0) is 43.0 Å². The van der Waals surface area contributed by atoms with E-state index in [2.05, 4.69) is 11.6 Å². The molecule has 0 heterocycles. The smallest absolute Gasteiger partial charge is 0.143 e. The fourth-order valence-corrected chi connectivity index (χ4v) is 2.17. The molecule has 0 amide bonds. The van der Waals surface area contributed by atoms with Crippen LogP contribution in [-0.2, 0) is 0 Å². The summed E-state index contributed by atoms with van der Waals surface area (Å²) in [7, 11) is 0. The van der Waals surface area contributed by atoms with Gasteiger partial charge in [0.05, 0.1) is 5.56 Å². The molecule has 0 saturated carbocycles. The van der Waals surface area contributed by atoms with Crippen molar-refractivity contribution in [2.24, 2.45) is 0 Å². The molecule has 2 nitrogen and oxygen atoms in total. The van der Waals surface area contributed by atoms with E-state index >= 15 is 0 Å². The fraction of sp³-hybridized carbons (Fsp3) is 0.500. The van der Waals surface area contributed by atoms with Gasteiger partial charge in [0, 0.05) is 12.2 Å². The Bertz CT molecular complexity index is 401. The molecule has 1 N–H and O–H groups in total. The lowest BCUT2D eigenvalue weighted by molar-refractivity contribution is 0.624. The molecule has 1 aromatic carbocycles. The first-order chi connectivity index (χ1) is 8.77. The van der Waals surface area contributed by atoms with Crippen LogP contribution in [0.4, 0.5) is 10.1 Å². The minimum atomic E-state index is -0.456. The lowest BCUT2D eigenvalue weighted by Gasteiger charge is -2.06. The van der Waals surface area contributed by atoms with Crippen molar-refractivity contribution < 1.29 is 4.39 Å². The number of rotatable bonds is 8. The van der Waals surface area contributed by atoms with E-state index in [0.29, 0.717) is 0 Å². The molecule has 0 aromatic heterocycles. The molecule has 0 bridgehead atoms. The zero-order chi connectivity index (χ0) is 13.2. The van der Waals surface area contributed by atoms with Crippen molar-refractivity contribution >= 4 is 17.4 Å². The lowest BCUT2D eigenvalue weighted by atomic mass is 10.2. The highest BCUT2D eigenvalue weighted by molar-refractivity contribution is 7.98. The van der Waals surface area contributed by atoms with E-state index in [-0.39, 0.29) is 5.56 Å². The van der Waals surface area contributed by atoms with Crippen LogP contribution in [0, 0.1) is 17.1 Å². The highest BCUT2D eigenvalue weighted by atomic mass is 32.2. The molecule has 18 heavy (non-hydrogen) atoms. The zero-order valence-electron chi connectivity index (χ0n) is 10.7. The minimum absolute atomic E-state index is 0.0950. The van der Waals surface area contributed by atoms with Gasteiger partial charge in [-0.3, -0.25) is 0 Å². The van der Waals surface area contributed by atoms with Gasteiger partial charge in [0.15, 0.2) is 0 Å². The van der Waals surface area contributed by atoms with E-state index in [0.717, 1.165) is 18.7 Å². The van der Waals surface area contributed by atoms with Crippen molar-refractivity contribution in [1.82, 2.24) is 0 Å². The third-order valence-electron chi connectivity index (χ3n) is 2.69. The zero-order valence-corrected chi connectivity index (χ0v) is 11.5. The van der Waals surface area contributed by atoms with Crippen molar-refractivity contribution in [3.05, 3.63) is 29.6 Å². The lowest BCUT2D eigenvalue weighted by Crippen LogP contribution is -2.02. The molecule has 0 atom stereocenters. The summed E-state index contributed by atoms with van der Waals surface area (Å²) in [6, 6.07) is 6.45. The number of anilines is 1. The van der Waals surface area contributed by atoms with Crippen LogP contribution in [0.15, 0.2) is 18.2 Å². The molecule has 0 radical (unpaired) electrons. The number of hydrogen-bond acceptors (Lipinski definition) is 3. The van der Waals surface area contributed by atoms with Gasteiger partial charge in [0.1, 0.15) is 11.9 Å². The molecule has 0 spiro atoms. The SMILES string of the molecule is CSCCCCCCNc1ccc(C#N)c(F)c1. The van der Waals surface area contributed by atoms with E-state index in [4.69, 9.17) is 5.26 Å². The molecule has 4 heteroatoms. The van der Waals surface area contributed by atoms with Crippen molar-refractivity contribution in [2.75, 3.05) is 23.9 Å². The van der Waals surface area contributed by atoms with Crippen LogP contribution in [0.3, 0.4) is 0 Å². The molecule has 98 valence electrons. The predicted octanol–water partition coefficient (Wildman–Crippen LogP) is 4.03. The monoisotopic (exact) mass is 266 g/mol. The van der Waals surface area contributed by atoms with Crippen LogP contribution in [0.1, 0.15) is 31.2 Å². The molecular formula is C14H19FN2S. The van der Waals surface area contributed by atoms with Gasteiger partial charge in [-0.1, -0.05) is 12.8 Å². The molecule has 0 unspecified atom stereocenters. The normalized spacial score (nSPS) is 10.1. The molecule has 1 aromatic rings. The third-order valence-corrected chi connectivity index (χ3v) is 3.39. The Labute approximate surface area is 113 Å². The van der Waals surface area contributed by atoms with Crippen LogP contribution < -0.4 is 5.32 Å². The Kier molecular flexibility index (Phi) is 7.28. The summed E-state index contributed by atoms with van der Waals surface area (Å²) in [5.74, 6) is 0.774. The topological polar surface area (TPSA) is 35.8 Å². The van der Waals surface area contributed by atoms with Gasteiger partial charge >= 0.3 is 0 Å². The average molecular weight is 266 g/mol. The predicted molar refractivity (Wildman–Crippen MR) is 76.5 cm³/mol. The second-order valence-electron chi connectivity index (χ2n) is 4.14. The highest BCUT2D eigenvalue weighted by Gasteiger charge is 2.01. The Balaban J connectivity index is 2.20. The highest BCUT2D eigenvalue weighted by Crippen LogP contribution is 2.14. The minimum Gasteiger partial charge on any atom is -0.385 e. The number of nitrogens with one attached hydrogen (secondary N) is 1. The Hall–Kier alpha value is -1.21. The number of halogens is 1. The van der Waals surface area contributed by atoms with Crippen LogP contribution in [-0.4, -0.2) is 18.6 Å². The number of benzene rings is 1. The Morgan fingerprint density at radius 3 is 2.72 bits per heavy atom. The quantitative estimate of drug-likeness (QED) is 0.721. The van der Waals surface area contributed by atoms with Crippen molar-refractivity contribution in [1.29, 1.82) is 5.26 Å². The summed E-state index contributed by atoms with van der Waals surface area (Å²) >= 11 is 1.88. The Morgan fingerprint density at radius 1 is 1.28 bits per heavy atom. The first-order valence-corrected chi connectivity index (χ1v) is 7.59. The van der Waals surface area contributed by atoms with Crippen LogP contribution in [0.2, 0.25) is 0 Å². The fourth-order valence-electron chi connectivity index (χ4n) is 1.67. The number of unbranched alkanes of at least 4 members (excludes halogenated alkanes) is 3. The standard InChI is InChI=1S/C14H19FN2S/c1-18-9-5-3-2-4-8-17-13-7-6-12(11-16)14(15)10-13/h6-7,10,17H,2-5,8-9H2,1H3. The second-order valence-corrected chi connectivity index (χ2v) is 5.13. The second kappa shape index (κ2) is 8.82. The molecule has 1 rings (SSSR count). The maximum Gasteiger partial charge on any atom is 0.143 e. The first kappa shape index (κ1) is 14.8. The van der Waals surface area contributed by atoms with Gasteiger partial charge in [-0.25, -0.2) is 4.39 Å². The largest absolute Gasteiger partial charge is 0.385 e. The van der Waals surface area contributed by atoms with Crippen LogP contribution in [0.5, 0.6) is 0 Å². The van der Waals surface area contributed by atoms with E-state index in [9.17, 15) is 4.39 Å². The van der Waals surface area contributed by atoms with E-state index in [1.54, 1.807) is 6.07 Å². The van der Waals surface area contributed by atoms with Crippen molar-refractivity contribution in [3.8, 4) is 6.07 Å². The van der Waals surface area contributed by atoms with Crippen LogP contribution >= 0.6 is 11.8 Å². The molecule has 0 aliphatic heterocycles. The molecule has 0 aliphatic carbocycles. The number of hydrogen-bond donors (Lipinski definition) is 1. The summed E-state index contributed by atoms with van der Waals surface area (Å²) in [4.78, 5) is 0. The molecule has 0 fully saturated rings. The number of thioether (sulfide) groups is 1. The first-order valence-electron chi connectivity index (χ1n) is 6.20. The van der Waals surface area contributed by atoms with Gasteiger partial charge < -0.3 is 5.32 Å². The maximum atomic E-state index is 13.3. The van der Waals surface area contributed by atoms with Gasteiger partial charge in [-0.15, -0.1) is 0 Å². The van der Waals surface area contributed by atoms with Gasteiger partial charge in [0.25, 0.3) is 0 Å². The number of nitriles is 1.